The summed E-state index contributed by atoms with van der Waals surface area (Å²) >= 11 is 6.11. The highest BCUT2D eigenvalue weighted by atomic mass is 35.5. The molecule has 0 unspecified atom stereocenters. The summed E-state index contributed by atoms with van der Waals surface area (Å²) in [5, 5.41) is 3.20. The summed E-state index contributed by atoms with van der Waals surface area (Å²) in [4.78, 5) is 30.1. The fourth-order valence-corrected chi connectivity index (χ4v) is 2.89. The molecule has 0 aliphatic carbocycles. The van der Waals surface area contributed by atoms with E-state index in [4.69, 9.17) is 16.3 Å². The summed E-state index contributed by atoms with van der Waals surface area (Å²) < 4.78 is 5.11. The zero-order valence-electron chi connectivity index (χ0n) is 13.0. The highest BCUT2D eigenvalue weighted by Crippen LogP contribution is 2.32. The Kier molecular flexibility index (Phi) is 4.66. The normalized spacial score (nSPS) is 17.0. The number of carbonyl (C=O) groups is 2. The average molecular weight is 346 g/mol. The Morgan fingerprint density at radius 3 is 2.92 bits per heavy atom. The first-order chi connectivity index (χ1) is 11.6. The van der Waals surface area contributed by atoms with Gasteiger partial charge in [-0.3, -0.25) is 14.6 Å². The third-order valence-corrected chi connectivity index (χ3v) is 4.17. The number of methoxy groups -OCH3 is 1. The summed E-state index contributed by atoms with van der Waals surface area (Å²) in [7, 11) is 1.53. The molecule has 1 N–H and O–H groups in total. The summed E-state index contributed by atoms with van der Waals surface area (Å²) in [6.07, 6.45) is 3.36. The second-order valence-corrected chi connectivity index (χ2v) is 5.86. The second-order valence-electron chi connectivity index (χ2n) is 5.46. The third kappa shape index (κ3) is 3.33. The molecule has 2 aromatic rings. The fourth-order valence-electron chi connectivity index (χ4n) is 2.64. The van der Waals surface area contributed by atoms with Gasteiger partial charge >= 0.3 is 0 Å². The molecule has 1 fully saturated rings. The molecule has 1 aromatic carbocycles. The van der Waals surface area contributed by atoms with Gasteiger partial charge in [-0.1, -0.05) is 11.6 Å². The third-order valence-electron chi connectivity index (χ3n) is 3.87. The summed E-state index contributed by atoms with van der Waals surface area (Å²) in [6, 6.07) is 8.61. The molecule has 124 valence electrons. The predicted molar refractivity (Wildman–Crippen MR) is 91.3 cm³/mol. The van der Waals surface area contributed by atoms with Crippen LogP contribution in [0.1, 0.15) is 6.42 Å². The van der Waals surface area contributed by atoms with Crippen molar-refractivity contribution in [2.45, 2.75) is 6.42 Å². The highest BCUT2D eigenvalue weighted by Gasteiger charge is 2.35. The van der Waals surface area contributed by atoms with E-state index in [-0.39, 0.29) is 18.2 Å². The fraction of sp³-hybridized carbons (Fsp3) is 0.235. The first kappa shape index (κ1) is 16.3. The Hall–Kier alpha value is -2.60. The number of carbonyl (C=O) groups excluding carboxylic acids is 2. The van der Waals surface area contributed by atoms with Crippen molar-refractivity contribution in [2.75, 3.05) is 23.9 Å². The Bertz CT molecular complexity index is 767. The van der Waals surface area contributed by atoms with E-state index in [2.05, 4.69) is 10.3 Å². The van der Waals surface area contributed by atoms with Gasteiger partial charge in [-0.25, -0.2) is 0 Å². The molecular weight excluding hydrogens is 330 g/mol. The SMILES string of the molecule is COc1ccc(N2C[C@@H](C(=O)Nc3cccnc3)CC2=O)cc1Cl. The standard InChI is InChI=1S/C17H16ClN3O3/c1-24-15-5-4-13(8-14(15)18)21-10-11(7-16(21)22)17(23)20-12-3-2-6-19-9-12/h2-6,8-9,11H,7,10H2,1H3,(H,20,23)/t11-/m0/s1. The number of anilines is 2. The molecule has 0 spiro atoms. The highest BCUT2D eigenvalue weighted by molar-refractivity contribution is 6.32. The van der Waals surface area contributed by atoms with Crippen LogP contribution in [0.15, 0.2) is 42.7 Å². The van der Waals surface area contributed by atoms with Crippen molar-refractivity contribution < 1.29 is 14.3 Å². The molecule has 1 saturated heterocycles. The van der Waals surface area contributed by atoms with Crippen LogP contribution in [0.4, 0.5) is 11.4 Å². The van der Waals surface area contributed by atoms with Crippen molar-refractivity contribution >= 4 is 34.8 Å². The lowest BCUT2D eigenvalue weighted by Crippen LogP contribution is -2.28. The van der Waals surface area contributed by atoms with Gasteiger partial charge in [0, 0.05) is 24.8 Å². The minimum absolute atomic E-state index is 0.109. The number of rotatable bonds is 4. The molecule has 0 bridgehead atoms. The number of pyridine rings is 1. The Morgan fingerprint density at radius 2 is 2.25 bits per heavy atom. The number of nitrogens with zero attached hydrogens (tertiary/aromatic N) is 2. The van der Waals surface area contributed by atoms with Gasteiger partial charge in [0.05, 0.1) is 29.9 Å². The Labute approximate surface area is 144 Å². The number of benzene rings is 1. The van der Waals surface area contributed by atoms with Gasteiger partial charge in [0.1, 0.15) is 5.75 Å². The lowest BCUT2D eigenvalue weighted by atomic mass is 10.1. The van der Waals surface area contributed by atoms with Gasteiger partial charge in [-0.05, 0) is 30.3 Å². The van der Waals surface area contributed by atoms with E-state index >= 15 is 0 Å². The van der Waals surface area contributed by atoms with Crippen LogP contribution in [0.2, 0.25) is 5.02 Å². The first-order valence-corrected chi connectivity index (χ1v) is 7.81. The van der Waals surface area contributed by atoms with Crippen LogP contribution >= 0.6 is 11.6 Å². The molecular formula is C17H16ClN3O3. The maximum atomic E-state index is 12.3. The zero-order valence-corrected chi connectivity index (χ0v) is 13.8. The number of halogens is 1. The van der Waals surface area contributed by atoms with E-state index in [0.29, 0.717) is 28.7 Å². The van der Waals surface area contributed by atoms with Crippen molar-refractivity contribution in [1.82, 2.24) is 4.98 Å². The van der Waals surface area contributed by atoms with E-state index in [9.17, 15) is 9.59 Å². The van der Waals surface area contributed by atoms with Gasteiger partial charge in [0.25, 0.3) is 0 Å². The number of amides is 2. The average Bonchev–Trinajstić information content (AvgIpc) is 2.98. The molecule has 6 nitrogen and oxygen atoms in total. The number of hydrogen-bond donors (Lipinski definition) is 1. The quantitative estimate of drug-likeness (QED) is 0.924. The van der Waals surface area contributed by atoms with E-state index in [1.807, 2.05) is 0 Å². The summed E-state index contributed by atoms with van der Waals surface area (Å²) in [5.74, 6) is -0.183. The second kappa shape index (κ2) is 6.88. The summed E-state index contributed by atoms with van der Waals surface area (Å²) in [5.41, 5.74) is 1.27. The van der Waals surface area contributed by atoms with E-state index < -0.39 is 5.92 Å². The van der Waals surface area contributed by atoms with Crippen LogP contribution in [-0.4, -0.2) is 30.5 Å². The van der Waals surface area contributed by atoms with Crippen molar-refractivity contribution in [1.29, 1.82) is 0 Å². The molecule has 1 aromatic heterocycles. The van der Waals surface area contributed by atoms with Gasteiger partial charge in [-0.2, -0.15) is 0 Å². The van der Waals surface area contributed by atoms with Gasteiger partial charge in [0.2, 0.25) is 11.8 Å². The number of nitrogens with one attached hydrogen (secondary N) is 1. The maximum Gasteiger partial charge on any atom is 0.229 e. The van der Waals surface area contributed by atoms with E-state index in [1.165, 1.54) is 7.11 Å². The minimum Gasteiger partial charge on any atom is -0.495 e. The van der Waals surface area contributed by atoms with Crippen molar-refractivity contribution in [2.24, 2.45) is 5.92 Å². The molecule has 1 aliphatic rings. The summed E-state index contributed by atoms with van der Waals surface area (Å²) in [6.45, 7) is 0.313. The van der Waals surface area contributed by atoms with Crippen LogP contribution in [0.3, 0.4) is 0 Å². The van der Waals surface area contributed by atoms with Crippen molar-refractivity contribution in [3.05, 3.63) is 47.7 Å². The molecule has 0 saturated carbocycles. The van der Waals surface area contributed by atoms with Crippen molar-refractivity contribution in [3.8, 4) is 5.75 Å². The molecule has 2 heterocycles. The molecule has 7 heteroatoms. The first-order valence-electron chi connectivity index (χ1n) is 7.43. The molecule has 2 amide bonds. The lowest BCUT2D eigenvalue weighted by molar-refractivity contribution is -0.122. The van der Waals surface area contributed by atoms with Gasteiger partial charge < -0.3 is 15.0 Å². The van der Waals surface area contributed by atoms with Crippen LogP contribution in [0, 0.1) is 5.92 Å². The smallest absolute Gasteiger partial charge is 0.229 e. The van der Waals surface area contributed by atoms with Crippen molar-refractivity contribution in [3.63, 3.8) is 0 Å². The van der Waals surface area contributed by atoms with Crippen LogP contribution < -0.4 is 15.0 Å². The van der Waals surface area contributed by atoms with E-state index in [0.717, 1.165) is 0 Å². The zero-order chi connectivity index (χ0) is 17.1. The monoisotopic (exact) mass is 345 g/mol. The van der Waals surface area contributed by atoms with Crippen LogP contribution in [0.5, 0.6) is 5.75 Å². The number of aromatic nitrogens is 1. The topological polar surface area (TPSA) is 71.5 Å². The molecule has 3 rings (SSSR count). The van der Waals surface area contributed by atoms with Crippen LogP contribution in [0.25, 0.3) is 0 Å². The number of ether oxygens (including phenoxy) is 1. The molecule has 24 heavy (non-hydrogen) atoms. The molecule has 1 atom stereocenters. The van der Waals surface area contributed by atoms with Crippen LogP contribution in [-0.2, 0) is 9.59 Å². The Morgan fingerprint density at radius 1 is 1.42 bits per heavy atom. The van der Waals surface area contributed by atoms with Gasteiger partial charge in [-0.15, -0.1) is 0 Å². The number of hydrogen-bond acceptors (Lipinski definition) is 4. The lowest BCUT2D eigenvalue weighted by Gasteiger charge is -2.17. The largest absolute Gasteiger partial charge is 0.495 e. The Balaban J connectivity index is 1.71. The minimum atomic E-state index is -0.418. The maximum absolute atomic E-state index is 12.3. The molecule has 1 aliphatic heterocycles. The molecule has 0 radical (unpaired) electrons. The van der Waals surface area contributed by atoms with E-state index in [1.54, 1.807) is 47.6 Å². The van der Waals surface area contributed by atoms with Gasteiger partial charge in [0.15, 0.2) is 0 Å². The predicted octanol–water partition coefficient (Wildman–Crippen LogP) is 2.74.